The largest absolute Gasteiger partial charge is 0.383 e. The average molecular weight is 333 g/mol. The van der Waals surface area contributed by atoms with Gasteiger partial charge >= 0.3 is 0 Å². The summed E-state index contributed by atoms with van der Waals surface area (Å²) >= 11 is 6.24. The molecule has 1 aliphatic rings. The minimum atomic E-state index is -0.620. The fraction of sp³-hybridized carbons (Fsp3) is 0.533. The molecular formula is C15H22Cl2N2O2. The van der Waals surface area contributed by atoms with Gasteiger partial charge in [-0.3, -0.25) is 4.79 Å². The molecular weight excluding hydrogens is 311 g/mol. The summed E-state index contributed by atoms with van der Waals surface area (Å²) < 4.78 is 4.99. The van der Waals surface area contributed by atoms with Crippen molar-refractivity contribution in [1.29, 1.82) is 0 Å². The third-order valence-corrected chi connectivity index (χ3v) is 3.97. The molecule has 2 N–H and O–H groups in total. The number of rotatable bonds is 6. The summed E-state index contributed by atoms with van der Waals surface area (Å²) in [6, 6.07) is 7.20. The van der Waals surface area contributed by atoms with Crippen LogP contribution in [0.5, 0.6) is 0 Å². The van der Waals surface area contributed by atoms with E-state index in [1.165, 1.54) is 0 Å². The Kier molecular flexibility index (Phi) is 6.94. The van der Waals surface area contributed by atoms with E-state index in [4.69, 9.17) is 22.1 Å². The lowest BCUT2D eigenvalue weighted by Crippen LogP contribution is -2.48. The first-order valence-electron chi connectivity index (χ1n) is 6.87. The highest BCUT2D eigenvalue weighted by molar-refractivity contribution is 6.31. The van der Waals surface area contributed by atoms with Gasteiger partial charge in [-0.25, -0.2) is 0 Å². The topological polar surface area (TPSA) is 55.6 Å². The smallest absolute Gasteiger partial charge is 0.242 e. The maximum absolute atomic E-state index is 12.5. The number of hydrogen-bond acceptors (Lipinski definition) is 3. The number of nitrogens with zero attached hydrogens (tertiary/aromatic N) is 1. The molecule has 118 valence electrons. The summed E-state index contributed by atoms with van der Waals surface area (Å²) in [5.74, 6) is -0.0678. The zero-order chi connectivity index (χ0) is 14.7. The van der Waals surface area contributed by atoms with Crippen LogP contribution in [0.25, 0.3) is 0 Å². The Balaban J connectivity index is 0.00000220. The minimum absolute atomic E-state index is 0. The van der Waals surface area contributed by atoms with Crippen LogP contribution in [0.3, 0.4) is 0 Å². The van der Waals surface area contributed by atoms with Crippen LogP contribution in [0.1, 0.15) is 31.4 Å². The van der Waals surface area contributed by atoms with Crippen molar-refractivity contribution >= 4 is 29.9 Å². The van der Waals surface area contributed by atoms with E-state index in [2.05, 4.69) is 0 Å². The maximum atomic E-state index is 12.5. The van der Waals surface area contributed by atoms with Crippen LogP contribution in [0, 0.1) is 0 Å². The van der Waals surface area contributed by atoms with Crippen LogP contribution in [-0.4, -0.2) is 36.6 Å². The van der Waals surface area contributed by atoms with Gasteiger partial charge in [-0.15, -0.1) is 12.4 Å². The highest BCUT2D eigenvalue weighted by atomic mass is 35.5. The molecule has 1 amide bonds. The van der Waals surface area contributed by atoms with Crippen molar-refractivity contribution in [2.45, 2.75) is 37.9 Å². The van der Waals surface area contributed by atoms with E-state index in [0.717, 1.165) is 18.4 Å². The summed E-state index contributed by atoms with van der Waals surface area (Å²) in [4.78, 5) is 14.4. The van der Waals surface area contributed by atoms with Crippen molar-refractivity contribution in [3.05, 3.63) is 34.9 Å². The molecule has 0 saturated heterocycles. The Bertz CT molecular complexity index is 480. The van der Waals surface area contributed by atoms with Crippen LogP contribution in [-0.2, 0) is 9.53 Å². The zero-order valence-electron chi connectivity index (χ0n) is 12.3. The Morgan fingerprint density at radius 1 is 1.48 bits per heavy atom. The number of carbonyl (C=O) groups is 1. The SMILES string of the molecule is COCC(N)C(=O)N(C1CC1)C(C)c1ccccc1Cl.Cl. The van der Waals surface area contributed by atoms with Gasteiger partial charge in [-0.1, -0.05) is 29.8 Å². The molecule has 0 bridgehead atoms. The highest BCUT2D eigenvalue weighted by Crippen LogP contribution is 2.36. The Morgan fingerprint density at radius 3 is 2.62 bits per heavy atom. The van der Waals surface area contributed by atoms with Gasteiger partial charge in [0.2, 0.25) is 5.91 Å². The molecule has 0 aliphatic heterocycles. The second kappa shape index (κ2) is 7.99. The third-order valence-electron chi connectivity index (χ3n) is 3.63. The number of hydrogen-bond donors (Lipinski definition) is 1. The van der Waals surface area contributed by atoms with Crippen molar-refractivity contribution in [3.8, 4) is 0 Å². The first-order valence-corrected chi connectivity index (χ1v) is 7.25. The van der Waals surface area contributed by atoms with Crippen molar-refractivity contribution in [2.75, 3.05) is 13.7 Å². The second-order valence-electron chi connectivity index (χ2n) is 5.24. The molecule has 1 aromatic carbocycles. The fourth-order valence-electron chi connectivity index (χ4n) is 2.45. The first-order chi connectivity index (χ1) is 9.56. The molecule has 1 fully saturated rings. The van der Waals surface area contributed by atoms with Crippen LogP contribution in [0.2, 0.25) is 5.02 Å². The zero-order valence-corrected chi connectivity index (χ0v) is 13.9. The number of ether oxygens (including phenoxy) is 1. The van der Waals surface area contributed by atoms with Gasteiger partial charge in [0.05, 0.1) is 12.6 Å². The summed E-state index contributed by atoms with van der Waals surface area (Å²) in [7, 11) is 1.55. The molecule has 21 heavy (non-hydrogen) atoms. The van der Waals surface area contributed by atoms with E-state index in [0.29, 0.717) is 5.02 Å². The quantitative estimate of drug-likeness (QED) is 0.871. The lowest BCUT2D eigenvalue weighted by molar-refractivity contribution is -0.136. The van der Waals surface area contributed by atoms with E-state index in [-0.39, 0.29) is 37.0 Å². The normalized spacial score (nSPS) is 16.8. The van der Waals surface area contributed by atoms with Crippen LogP contribution < -0.4 is 5.73 Å². The molecule has 4 nitrogen and oxygen atoms in total. The molecule has 1 saturated carbocycles. The van der Waals surface area contributed by atoms with Gasteiger partial charge in [0, 0.05) is 18.2 Å². The van der Waals surface area contributed by atoms with Gasteiger partial charge < -0.3 is 15.4 Å². The molecule has 0 heterocycles. The summed E-state index contributed by atoms with van der Waals surface area (Å²) in [5, 5.41) is 0.679. The van der Waals surface area contributed by atoms with Gasteiger partial charge in [0.1, 0.15) is 6.04 Å². The average Bonchev–Trinajstić information content (AvgIpc) is 3.24. The van der Waals surface area contributed by atoms with Crippen molar-refractivity contribution in [1.82, 2.24) is 4.90 Å². The summed E-state index contributed by atoms with van der Waals surface area (Å²) in [5.41, 5.74) is 6.86. The monoisotopic (exact) mass is 332 g/mol. The fourth-order valence-corrected chi connectivity index (χ4v) is 2.74. The minimum Gasteiger partial charge on any atom is -0.383 e. The van der Waals surface area contributed by atoms with Gasteiger partial charge in [0.25, 0.3) is 0 Å². The molecule has 2 rings (SSSR count). The van der Waals surface area contributed by atoms with E-state index < -0.39 is 6.04 Å². The Hall–Kier alpha value is -0.810. The standard InChI is InChI=1S/C15H21ClN2O2.ClH/c1-10(12-5-3-4-6-13(12)16)18(11-7-8-11)15(19)14(17)9-20-2;/h3-6,10-11,14H,7-9,17H2,1-2H3;1H. The van der Waals surface area contributed by atoms with Crippen molar-refractivity contribution < 1.29 is 9.53 Å². The summed E-state index contributed by atoms with van der Waals surface area (Å²) in [6.07, 6.45) is 2.06. The third kappa shape index (κ3) is 4.33. The Morgan fingerprint density at radius 2 is 2.10 bits per heavy atom. The van der Waals surface area contributed by atoms with Crippen LogP contribution in [0.4, 0.5) is 0 Å². The number of nitrogens with two attached hydrogens (primary N) is 1. The number of methoxy groups -OCH3 is 1. The number of carbonyl (C=O) groups excluding carboxylic acids is 1. The highest BCUT2D eigenvalue weighted by Gasteiger charge is 2.38. The van der Waals surface area contributed by atoms with E-state index in [9.17, 15) is 4.79 Å². The van der Waals surface area contributed by atoms with Crippen LogP contribution >= 0.6 is 24.0 Å². The number of amides is 1. The molecule has 2 atom stereocenters. The lowest BCUT2D eigenvalue weighted by Gasteiger charge is -2.32. The molecule has 1 aliphatic carbocycles. The van der Waals surface area contributed by atoms with Crippen LogP contribution in [0.15, 0.2) is 24.3 Å². The number of halogens is 2. The van der Waals surface area contributed by atoms with Gasteiger partial charge in [-0.2, -0.15) is 0 Å². The Labute approximate surface area is 137 Å². The molecule has 6 heteroatoms. The lowest BCUT2D eigenvalue weighted by atomic mass is 10.1. The molecule has 0 aromatic heterocycles. The second-order valence-corrected chi connectivity index (χ2v) is 5.64. The van der Waals surface area contributed by atoms with Crippen molar-refractivity contribution in [3.63, 3.8) is 0 Å². The predicted molar refractivity (Wildman–Crippen MR) is 86.8 cm³/mol. The van der Waals surface area contributed by atoms with Crippen molar-refractivity contribution in [2.24, 2.45) is 5.73 Å². The van der Waals surface area contributed by atoms with Gasteiger partial charge in [0.15, 0.2) is 0 Å². The molecule has 2 unspecified atom stereocenters. The first kappa shape index (κ1) is 18.2. The van der Waals surface area contributed by atoms with E-state index in [1.807, 2.05) is 36.1 Å². The van der Waals surface area contributed by atoms with Gasteiger partial charge in [-0.05, 0) is 31.4 Å². The maximum Gasteiger partial charge on any atom is 0.242 e. The van der Waals surface area contributed by atoms with E-state index >= 15 is 0 Å². The predicted octanol–water partition coefficient (Wildman–Crippen LogP) is 2.79. The molecule has 0 spiro atoms. The summed E-state index contributed by atoms with van der Waals surface area (Å²) in [6.45, 7) is 2.23. The van der Waals surface area contributed by atoms with E-state index in [1.54, 1.807) is 7.11 Å². The molecule has 1 aromatic rings. The molecule has 0 radical (unpaired) electrons. The number of benzene rings is 1.